The van der Waals surface area contributed by atoms with Gasteiger partial charge in [-0.05, 0) is 69.3 Å². The standard InChI is InChI=1S/C37H40N3O4P/c1-36(2,3)43-33(41)31(40-30-25-17-16-24-29(30)39-35(40)38)32(34(42)44-37(4,5)6)45(26-18-10-7-11-19-26,27-20-12-8-13-21-27)28-22-14-9-15-23-28/h7-25,31H,1-6H3,(H2-,38,39,42)/b34-32-. The first-order valence-electron chi connectivity index (χ1n) is 14.9. The van der Waals surface area contributed by atoms with Crippen LogP contribution in [-0.4, -0.2) is 26.7 Å². The van der Waals surface area contributed by atoms with Gasteiger partial charge in [0.15, 0.2) is 6.04 Å². The molecular weight excluding hydrogens is 581 g/mol. The molecule has 0 bridgehead atoms. The first-order valence-corrected chi connectivity index (χ1v) is 16.7. The van der Waals surface area contributed by atoms with Crippen molar-refractivity contribution in [1.29, 1.82) is 0 Å². The highest BCUT2D eigenvalue weighted by Gasteiger charge is 2.56. The highest BCUT2D eigenvalue weighted by atomic mass is 31.2. The molecule has 0 amide bonds. The number of ether oxygens (including phenoxy) is 2. The van der Waals surface area contributed by atoms with Gasteiger partial charge in [-0.15, -0.1) is 0 Å². The summed E-state index contributed by atoms with van der Waals surface area (Å²) >= 11 is 0. The lowest BCUT2D eigenvalue weighted by Gasteiger charge is -2.39. The molecule has 45 heavy (non-hydrogen) atoms. The van der Waals surface area contributed by atoms with Crippen LogP contribution in [0.25, 0.3) is 11.0 Å². The van der Waals surface area contributed by atoms with Crippen molar-refractivity contribution in [3.8, 4) is 0 Å². The molecule has 8 heteroatoms. The predicted molar refractivity (Wildman–Crippen MR) is 182 cm³/mol. The first-order chi connectivity index (χ1) is 21.3. The summed E-state index contributed by atoms with van der Waals surface area (Å²) < 4.78 is 14.0. The van der Waals surface area contributed by atoms with Crippen molar-refractivity contribution in [3.05, 3.63) is 127 Å². The van der Waals surface area contributed by atoms with Crippen molar-refractivity contribution in [2.45, 2.75) is 58.8 Å². The fourth-order valence-electron chi connectivity index (χ4n) is 5.61. The topological polar surface area (TPSA) is 102 Å². The van der Waals surface area contributed by atoms with Crippen LogP contribution in [0.4, 0.5) is 5.95 Å². The Morgan fingerprint density at radius 3 is 1.58 bits per heavy atom. The zero-order valence-corrected chi connectivity index (χ0v) is 27.5. The zero-order chi connectivity index (χ0) is 32.4. The number of anilines is 1. The summed E-state index contributed by atoms with van der Waals surface area (Å²) in [6.07, 6.45) is 0. The number of carbonyl (C=O) groups is 1. The molecule has 1 unspecified atom stereocenters. The van der Waals surface area contributed by atoms with Crippen molar-refractivity contribution in [3.63, 3.8) is 0 Å². The molecular formula is C37H40N3O4P. The van der Waals surface area contributed by atoms with Gasteiger partial charge in [0.2, 0.25) is 5.95 Å². The molecule has 0 saturated heterocycles. The molecule has 5 aromatic rings. The predicted octanol–water partition coefficient (Wildman–Crippen LogP) is 5.84. The molecule has 1 atom stereocenters. The molecule has 0 radical (unpaired) electrons. The van der Waals surface area contributed by atoms with E-state index in [9.17, 15) is 4.79 Å². The Balaban J connectivity index is 2.03. The van der Waals surface area contributed by atoms with Gasteiger partial charge in [0.25, 0.3) is 0 Å². The third kappa shape index (κ3) is 6.45. The lowest BCUT2D eigenvalue weighted by Crippen LogP contribution is -2.41. The number of rotatable bonds is 8. The van der Waals surface area contributed by atoms with Crippen molar-refractivity contribution in [2.75, 3.05) is 5.73 Å². The van der Waals surface area contributed by atoms with E-state index in [1.807, 2.05) is 136 Å². The second-order valence-electron chi connectivity index (χ2n) is 12.8. The van der Waals surface area contributed by atoms with Crippen LogP contribution in [0.2, 0.25) is 0 Å². The SMILES string of the molecule is CC(C)(C)OC(=O)C(/C(=C(\[O-])OC(C)(C)C)[P+](c1ccccc1)(c1ccccc1)c1ccccc1)n1c(N)nc2ccccc21. The number of aromatic nitrogens is 2. The minimum atomic E-state index is -3.18. The molecule has 0 aliphatic carbocycles. The van der Waals surface area contributed by atoms with E-state index < -0.39 is 36.4 Å². The van der Waals surface area contributed by atoms with Gasteiger partial charge in [0.05, 0.1) is 17.0 Å². The third-order valence-electron chi connectivity index (χ3n) is 7.17. The number of fused-ring (bicyclic) bond motifs is 1. The monoisotopic (exact) mass is 621 g/mol. The number of nitrogens with zero attached hydrogens (tertiary/aromatic N) is 2. The van der Waals surface area contributed by atoms with E-state index in [1.165, 1.54) is 0 Å². The number of carbonyl (C=O) groups excluding carboxylic acids is 1. The van der Waals surface area contributed by atoms with Gasteiger partial charge in [-0.3, -0.25) is 4.57 Å². The molecule has 5 rings (SSSR count). The van der Waals surface area contributed by atoms with Gasteiger partial charge in [-0.2, -0.15) is 0 Å². The fraction of sp³-hybridized carbons (Fsp3) is 0.243. The molecule has 7 nitrogen and oxygen atoms in total. The normalized spacial score (nSPS) is 13.6. The highest BCUT2D eigenvalue weighted by Crippen LogP contribution is 2.66. The Bertz CT molecular complexity index is 1710. The summed E-state index contributed by atoms with van der Waals surface area (Å²) in [6.45, 7) is 10.9. The fourth-order valence-corrected chi connectivity index (χ4v) is 10.1. The quantitative estimate of drug-likeness (QED) is 0.133. The van der Waals surface area contributed by atoms with Gasteiger partial charge in [0, 0.05) is 5.60 Å². The number of esters is 1. The summed E-state index contributed by atoms with van der Waals surface area (Å²) in [7, 11) is -3.18. The van der Waals surface area contributed by atoms with Crippen LogP contribution in [0.5, 0.6) is 0 Å². The number of imidazole rings is 1. The first kappa shape index (κ1) is 31.8. The maximum atomic E-state index is 15.1. The van der Waals surface area contributed by atoms with E-state index in [2.05, 4.69) is 4.98 Å². The van der Waals surface area contributed by atoms with E-state index in [-0.39, 0.29) is 11.3 Å². The molecule has 2 N–H and O–H groups in total. The minimum absolute atomic E-state index is 0.0837. The molecule has 232 valence electrons. The highest BCUT2D eigenvalue weighted by molar-refractivity contribution is 7.99. The second-order valence-corrected chi connectivity index (χ2v) is 16.2. The van der Waals surface area contributed by atoms with Crippen molar-refractivity contribution in [1.82, 2.24) is 9.55 Å². The van der Waals surface area contributed by atoms with Gasteiger partial charge >= 0.3 is 5.97 Å². The number of hydrogen-bond acceptors (Lipinski definition) is 6. The number of para-hydroxylation sites is 2. The molecule has 0 aliphatic heterocycles. The lowest BCUT2D eigenvalue weighted by molar-refractivity contribution is -0.370. The molecule has 0 fully saturated rings. The second kappa shape index (κ2) is 12.4. The van der Waals surface area contributed by atoms with E-state index >= 15 is 5.11 Å². The molecule has 0 saturated carbocycles. The van der Waals surface area contributed by atoms with Crippen LogP contribution in [-0.2, 0) is 14.3 Å². The van der Waals surface area contributed by atoms with Crippen LogP contribution < -0.4 is 26.8 Å². The third-order valence-corrected chi connectivity index (χ3v) is 11.5. The minimum Gasteiger partial charge on any atom is -0.605 e. The molecule has 1 heterocycles. The van der Waals surface area contributed by atoms with Crippen LogP contribution in [0.15, 0.2) is 127 Å². The van der Waals surface area contributed by atoms with E-state index in [0.717, 1.165) is 15.9 Å². The van der Waals surface area contributed by atoms with Crippen LogP contribution >= 0.6 is 7.26 Å². The number of nitrogens with two attached hydrogens (primary N) is 1. The smallest absolute Gasteiger partial charge is 0.338 e. The van der Waals surface area contributed by atoms with E-state index in [4.69, 9.17) is 15.2 Å². The number of nitrogen functional groups attached to an aromatic ring is 1. The Morgan fingerprint density at radius 1 is 0.711 bits per heavy atom. The zero-order valence-electron chi connectivity index (χ0n) is 26.6. The van der Waals surface area contributed by atoms with E-state index in [1.54, 1.807) is 25.3 Å². The van der Waals surface area contributed by atoms with Crippen LogP contribution in [0.3, 0.4) is 0 Å². The summed E-state index contributed by atoms with van der Waals surface area (Å²) in [5.74, 6) is -1.16. The number of hydrogen-bond donors (Lipinski definition) is 1. The van der Waals surface area contributed by atoms with Gasteiger partial charge in [-0.1, -0.05) is 87.5 Å². The average molecular weight is 622 g/mol. The van der Waals surface area contributed by atoms with Crippen molar-refractivity contribution < 1.29 is 19.4 Å². The summed E-state index contributed by atoms with van der Waals surface area (Å²) in [4.78, 5) is 19.4. The summed E-state index contributed by atoms with van der Waals surface area (Å²) in [5.41, 5.74) is 6.12. The maximum Gasteiger partial charge on any atom is 0.338 e. The van der Waals surface area contributed by atoms with Crippen LogP contribution in [0.1, 0.15) is 47.6 Å². The molecule has 0 aliphatic rings. The van der Waals surface area contributed by atoms with Gasteiger partial charge in [0.1, 0.15) is 34.1 Å². The Hall–Kier alpha value is -4.61. The van der Waals surface area contributed by atoms with Gasteiger partial charge < -0.3 is 20.3 Å². The largest absolute Gasteiger partial charge is 0.605 e. The van der Waals surface area contributed by atoms with E-state index in [0.29, 0.717) is 11.0 Å². The Labute approximate surface area is 265 Å². The average Bonchev–Trinajstić information content (AvgIpc) is 3.32. The maximum absolute atomic E-state index is 15.1. The summed E-state index contributed by atoms with van der Waals surface area (Å²) in [5, 5.41) is 17.9. The summed E-state index contributed by atoms with van der Waals surface area (Å²) in [6, 6.07) is 35.7. The molecule has 4 aromatic carbocycles. The van der Waals surface area contributed by atoms with Crippen LogP contribution in [0, 0.1) is 0 Å². The number of benzene rings is 4. The lowest BCUT2D eigenvalue weighted by atomic mass is 10.1. The Kier molecular flexibility index (Phi) is 8.77. The molecule has 1 aromatic heterocycles. The molecule has 0 spiro atoms. The van der Waals surface area contributed by atoms with Crippen molar-refractivity contribution >= 4 is 46.1 Å². The Morgan fingerprint density at radius 2 is 1.13 bits per heavy atom. The van der Waals surface area contributed by atoms with Crippen molar-refractivity contribution in [2.24, 2.45) is 0 Å². The van der Waals surface area contributed by atoms with Gasteiger partial charge in [-0.25, -0.2) is 9.78 Å².